The fourth-order valence-corrected chi connectivity index (χ4v) is 7.50. The van der Waals surface area contributed by atoms with E-state index in [0.29, 0.717) is 41.4 Å². The number of piperazine rings is 1. The van der Waals surface area contributed by atoms with Crippen molar-refractivity contribution < 1.29 is 26.3 Å². The van der Waals surface area contributed by atoms with Gasteiger partial charge in [-0.15, -0.1) is 11.3 Å². The first-order valence-corrected chi connectivity index (χ1v) is 16.0. The van der Waals surface area contributed by atoms with E-state index in [2.05, 4.69) is 37.6 Å². The van der Waals surface area contributed by atoms with E-state index in [-0.39, 0.29) is 24.0 Å². The molecule has 0 bridgehead atoms. The Morgan fingerprint density at radius 3 is 2.52 bits per heavy atom. The Kier molecular flexibility index (Phi) is 9.17. The molecule has 2 aliphatic heterocycles. The third-order valence-corrected chi connectivity index (χ3v) is 10.00. The smallest absolute Gasteiger partial charge is 0.367 e. The molecule has 0 aliphatic carbocycles. The number of hydrogen-bond donors (Lipinski definition) is 2. The number of hydrogen-bond acceptors (Lipinski definition) is 8. The Morgan fingerprint density at radius 1 is 1.02 bits per heavy atom. The van der Waals surface area contributed by atoms with Crippen molar-refractivity contribution in [1.29, 1.82) is 5.26 Å². The largest absolute Gasteiger partial charge is 0.405 e. The van der Waals surface area contributed by atoms with Crippen LogP contribution in [0.25, 0.3) is 21.1 Å². The number of likely N-dealkylation sites (tertiary alicyclic amines) is 1. The summed E-state index contributed by atoms with van der Waals surface area (Å²) in [5.41, 5.74) is 3.59. The lowest BCUT2D eigenvalue weighted by molar-refractivity contribution is -0.164. The van der Waals surface area contributed by atoms with Crippen molar-refractivity contribution in [3.8, 4) is 6.07 Å². The van der Waals surface area contributed by atoms with Crippen molar-refractivity contribution in [1.82, 2.24) is 29.7 Å². The number of aromatic nitrogens is 3. The Balaban J connectivity index is 1.08. The molecule has 2 aliphatic rings. The average Bonchev–Trinajstić information content (AvgIpc) is 3.58. The normalized spacial score (nSPS) is 19.2. The van der Waals surface area contributed by atoms with Gasteiger partial charge in [0.15, 0.2) is 0 Å². The summed E-state index contributed by atoms with van der Waals surface area (Å²) in [7, 11) is 0. The summed E-state index contributed by atoms with van der Waals surface area (Å²) < 4.78 is 80.3. The minimum atomic E-state index is -4.30. The number of halogens is 6. The summed E-state index contributed by atoms with van der Waals surface area (Å²) in [6.07, 6.45) is -6.51. The number of rotatable bonds is 8. The number of nitriles is 1. The van der Waals surface area contributed by atoms with Gasteiger partial charge in [0.2, 0.25) is 0 Å². The van der Waals surface area contributed by atoms with Gasteiger partial charge in [-0.1, -0.05) is 6.07 Å². The van der Waals surface area contributed by atoms with Gasteiger partial charge < -0.3 is 15.2 Å². The van der Waals surface area contributed by atoms with Gasteiger partial charge in [0, 0.05) is 74.2 Å². The van der Waals surface area contributed by atoms with Crippen LogP contribution >= 0.6 is 11.3 Å². The number of thiophene rings is 1. The molecule has 0 spiro atoms. The van der Waals surface area contributed by atoms with Crippen molar-refractivity contribution in [2.45, 2.75) is 63.7 Å². The van der Waals surface area contributed by atoms with Gasteiger partial charge in [-0.3, -0.25) is 9.80 Å². The van der Waals surface area contributed by atoms with Crippen molar-refractivity contribution in [3.63, 3.8) is 0 Å². The van der Waals surface area contributed by atoms with E-state index in [9.17, 15) is 31.6 Å². The Bertz CT molecular complexity index is 1730. The third-order valence-electron chi connectivity index (χ3n) is 8.95. The van der Waals surface area contributed by atoms with Crippen LogP contribution in [0.15, 0.2) is 30.6 Å². The molecule has 6 rings (SSSR count). The Hall–Kier alpha value is -3.45. The van der Waals surface area contributed by atoms with E-state index in [4.69, 9.17) is 0 Å². The number of anilines is 1. The fraction of sp³-hybridized carbons (Fsp3) is 0.516. The second-order valence-electron chi connectivity index (χ2n) is 12.1. The van der Waals surface area contributed by atoms with Crippen molar-refractivity contribution >= 4 is 38.3 Å². The maximum Gasteiger partial charge on any atom is 0.405 e. The van der Waals surface area contributed by atoms with Crippen LogP contribution in [0.5, 0.6) is 0 Å². The van der Waals surface area contributed by atoms with Crippen molar-refractivity contribution in [2.24, 2.45) is 0 Å². The van der Waals surface area contributed by atoms with Gasteiger partial charge in [0.1, 0.15) is 34.8 Å². The SMILES string of the molecule is Cc1c(CN2CCC(Nc3ncnc4sc(CC(F)(F)F)cc34)CC2)ccc2c1cc(C#N)n2CCN1CCNC(C(F)(F)F)C1. The Labute approximate surface area is 266 Å². The third kappa shape index (κ3) is 7.25. The molecule has 0 amide bonds. The molecule has 15 heteroatoms. The number of aryl methyl sites for hydroxylation is 1. The van der Waals surface area contributed by atoms with Gasteiger partial charge in [0.25, 0.3) is 0 Å². The molecule has 1 atom stereocenters. The highest BCUT2D eigenvalue weighted by atomic mass is 32.1. The van der Waals surface area contributed by atoms with E-state index in [1.807, 2.05) is 23.6 Å². The lowest BCUT2D eigenvalue weighted by atomic mass is 10.0. The standard InChI is InChI=1S/C31H34F6N8S/c1-19-20(2-3-26-24(19)12-22(15-38)45(26)11-10-44-9-6-39-27(17-44)31(35,36)37)16-43-7-4-21(5-8-43)42-28-25-13-23(14-30(32,33)34)46-29(25)41-18-40-28/h2-3,12-13,18,21,27,39H,4-11,14,16-17H2,1H3,(H,40,41,42). The lowest BCUT2D eigenvalue weighted by Gasteiger charge is -2.34. The van der Waals surface area contributed by atoms with Crippen LogP contribution in [0, 0.1) is 18.3 Å². The zero-order valence-electron chi connectivity index (χ0n) is 25.2. The maximum absolute atomic E-state index is 13.2. The number of benzene rings is 1. The van der Waals surface area contributed by atoms with E-state index in [1.54, 1.807) is 4.90 Å². The topological polar surface area (TPSA) is 85.0 Å². The number of alkyl halides is 6. The fourth-order valence-electron chi connectivity index (χ4n) is 6.48. The molecule has 2 N–H and O–H groups in total. The predicted octanol–water partition coefficient (Wildman–Crippen LogP) is 5.84. The molecule has 1 aromatic carbocycles. The molecule has 5 heterocycles. The maximum atomic E-state index is 13.2. The van der Waals surface area contributed by atoms with Crippen LogP contribution in [0.1, 0.15) is 34.5 Å². The summed E-state index contributed by atoms with van der Waals surface area (Å²) in [5.74, 6) is 0.560. The minimum Gasteiger partial charge on any atom is -0.367 e. The zero-order valence-corrected chi connectivity index (χ0v) is 26.0. The predicted molar refractivity (Wildman–Crippen MR) is 165 cm³/mol. The van der Waals surface area contributed by atoms with Crippen molar-refractivity contribution in [2.75, 3.05) is 44.6 Å². The molecule has 46 heavy (non-hydrogen) atoms. The van der Waals surface area contributed by atoms with E-state index in [1.165, 1.54) is 12.4 Å². The van der Waals surface area contributed by atoms with E-state index < -0.39 is 24.8 Å². The summed E-state index contributed by atoms with van der Waals surface area (Å²) in [4.78, 5) is 13.4. The molecule has 1 unspecified atom stereocenters. The highest BCUT2D eigenvalue weighted by molar-refractivity contribution is 7.18. The van der Waals surface area contributed by atoms with Gasteiger partial charge in [-0.25, -0.2) is 9.97 Å². The van der Waals surface area contributed by atoms with Crippen LogP contribution in [0.2, 0.25) is 0 Å². The molecule has 8 nitrogen and oxygen atoms in total. The van der Waals surface area contributed by atoms with Crippen LogP contribution < -0.4 is 10.6 Å². The average molecular weight is 665 g/mol. The van der Waals surface area contributed by atoms with Gasteiger partial charge in [-0.05, 0) is 49.1 Å². The Morgan fingerprint density at radius 2 is 1.80 bits per heavy atom. The monoisotopic (exact) mass is 664 g/mol. The first-order chi connectivity index (χ1) is 21.9. The molecule has 0 saturated carbocycles. The highest BCUT2D eigenvalue weighted by Crippen LogP contribution is 2.34. The zero-order chi connectivity index (χ0) is 32.6. The number of nitrogens with zero attached hydrogens (tertiary/aromatic N) is 6. The van der Waals surface area contributed by atoms with Gasteiger partial charge in [-0.2, -0.15) is 31.6 Å². The molecular formula is C31H34F6N8S. The van der Waals surface area contributed by atoms with Gasteiger partial charge in [0.05, 0.1) is 11.8 Å². The second kappa shape index (κ2) is 13.0. The molecule has 246 valence electrons. The van der Waals surface area contributed by atoms with Crippen LogP contribution in [0.3, 0.4) is 0 Å². The molecule has 2 saturated heterocycles. The number of piperidine rings is 1. The first kappa shape index (κ1) is 32.5. The molecule has 0 radical (unpaired) electrons. The molecule has 2 fully saturated rings. The minimum absolute atomic E-state index is 0.111. The quantitative estimate of drug-likeness (QED) is 0.229. The second-order valence-corrected chi connectivity index (χ2v) is 13.2. The molecule has 3 aromatic heterocycles. The molecule has 4 aromatic rings. The van der Waals surface area contributed by atoms with Gasteiger partial charge >= 0.3 is 12.4 Å². The summed E-state index contributed by atoms with van der Waals surface area (Å²) in [5, 5.41) is 17.4. The summed E-state index contributed by atoms with van der Waals surface area (Å²) >= 11 is 1.04. The summed E-state index contributed by atoms with van der Waals surface area (Å²) in [6, 6.07) is 8.30. The van der Waals surface area contributed by atoms with Crippen LogP contribution in [-0.2, 0) is 19.5 Å². The van der Waals surface area contributed by atoms with Crippen molar-refractivity contribution in [3.05, 3.63) is 52.3 Å². The van der Waals surface area contributed by atoms with Crippen LogP contribution in [0.4, 0.5) is 32.2 Å². The number of fused-ring (bicyclic) bond motifs is 2. The lowest BCUT2D eigenvalue weighted by Crippen LogP contribution is -2.57. The summed E-state index contributed by atoms with van der Waals surface area (Å²) in [6.45, 7) is 5.91. The highest BCUT2D eigenvalue weighted by Gasteiger charge is 2.41. The first-order valence-electron chi connectivity index (χ1n) is 15.2. The van der Waals surface area contributed by atoms with E-state index >= 15 is 0 Å². The van der Waals surface area contributed by atoms with E-state index in [0.717, 1.165) is 65.8 Å². The van der Waals surface area contributed by atoms with Crippen LogP contribution in [-0.4, -0.2) is 88.0 Å². The molecular weight excluding hydrogens is 630 g/mol. The number of nitrogens with one attached hydrogen (secondary N) is 2.